The standard InChI is InChI=1S/C13H15FN4O2/c1-9(15-2)11-6-16-17(8-11)7-10-5-12(14)3-4-13(10)18(19)20/h3-6,8-9,15H,7H2,1-2H3. The quantitative estimate of drug-likeness (QED) is 0.672. The average Bonchev–Trinajstić information content (AvgIpc) is 2.86. The smallest absolute Gasteiger partial charge is 0.274 e. The minimum absolute atomic E-state index is 0.106. The van der Waals surface area contributed by atoms with Gasteiger partial charge in [0.2, 0.25) is 0 Å². The van der Waals surface area contributed by atoms with Gasteiger partial charge in [0, 0.05) is 23.9 Å². The largest absolute Gasteiger partial charge is 0.313 e. The van der Waals surface area contributed by atoms with Crippen LogP contribution in [0.2, 0.25) is 0 Å². The summed E-state index contributed by atoms with van der Waals surface area (Å²) >= 11 is 0. The number of halogens is 1. The van der Waals surface area contributed by atoms with Crippen molar-refractivity contribution in [1.82, 2.24) is 15.1 Å². The summed E-state index contributed by atoms with van der Waals surface area (Å²) in [4.78, 5) is 10.4. The fraction of sp³-hybridized carbons (Fsp3) is 0.308. The third-order valence-electron chi connectivity index (χ3n) is 3.16. The van der Waals surface area contributed by atoms with Crippen LogP contribution < -0.4 is 5.32 Å². The van der Waals surface area contributed by atoms with Crippen LogP contribution in [0.5, 0.6) is 0 Å². The molecule has 0 saturated carbocycles. The molecule has 1 aromatic heterocycles. The van der Waals surface area contributed by atoms with Crippen LogP contribution in [0.4, 0.5) is 10.1 Å². The molecule has 2 rings (SSSR count). The van der Waals surface area contributed by atoms with Crippen molar-refractivity contribution in [2.45, 2.75) is 19.5 Å². The van der Waals surface area contributed by atoms with Gasteiger partial charge < -0.3 is 5.32 Å². The predicted octanol–water partition coefficient (Wildman–Crippen LogP) is 2.26. The summed E-state index contributed by atoms with van der Waals surface area (Å²) in [6, 6.07) is 3.55. The first-order valence-electron chi connectivity index (χ1n) is 6.13. The second-order valence-corrected chi connectivity index (χ2v) is 4.51. The Hall–Kier alpha value is -2.28. The van der Waals surface area contributed by atoms with Gasteiger partial charge in [0.1, 0.15) is 5.82 Å². The van der Waals surface area contributed by atoms with Crippen molar-refractivity contribution in [2.75, 3.05) is 7.05 Å². The monoisotopic (exact) mass is 278 g/mol. The average molecular weight is 278 g/mol. The van der Waals surface area contributed by atoms with Crippen LogP contribution in [-0.4, -0.2) is 21.8 Å². The van der Waals surface area contributed by atoms with Crippen molar-refractivity contribution < 1.29 is 9.31 Å². The van der Waals surface area contributed by atoms with Crippen LogP contribution in [0.1, 0.15) is 24.1 Å². The Bertz CT molecular complexity index is 627. The number of aromatic nitrogens is 2. The topological polar surface area (TPSA) is 73.0 Å². The first-order chi connectivity index (χ1) is 9.51. The van der Waals surface area contributed by atoms with Gasteiger partial charge in [-0.25, -0.2) is 4.39 Å². The van der Waals surface area contributed by atoms with Gasteiger partial charge in [-0.15, -0.1) is 0 Å². The molecule has 0 spiro atoms. The van der Waals surface area contributed by atoms with E-state index in [0.717, 1.165) is 11.6 Å². The Morgan fingerprint density at radius 2 is 2.30 bits per heavy atom. The predicted molar refractivity (Wildman–Crippen MR) is 71.9 cm³/mol. The van der Waals surface area contributed by atoms with Gasteiger partial charge >= 0.3 is 0 Å². The molecule has 0 bridgehead atoms. The maximum atomic E-state index is 13.2. The Morgan fingerprint density at radius 3 is 2.95 bits per heavy atom. The molecule has 1 heterocycles. The van der Waals surface area contributed by atoms with Crippen LogP contribution in [-0.2, 0) is 6.54 Å². The third kappa shape index (κ3) is 3.00. The molecular formula is C13H15FN4O2. The van der Waals surface area contributed by atoms with Crippen LogP contribution >= 0.6 is 0 Å². The highest BCUT2D eigenvalue weighted by Gasteiger charge is 2.15. The number of benzene rings is 1. The molecule has 0 radical (unpaired) electrons. The maximum absolute atomic E-state index is 13.2. The summed E-state index contributed by atoms with van der Waals surface area (Å²) < 4.78 is 14.8. The van der Waals surface area contributed by atoms with Crippen LogP contribution in [0.15, 0.2) is 30.6 Å². The molecule has 20 heavy (non-hydrogen) atoms. The highest BCUT2D eigenvalue weighted by Crippen LogP contribution is 2.21. The molecule has 1 atom stereocenters. The first kappa shape index (κ1) is 14.1. The Balaban J connectivity index is 2.27. The summed E-state index contributed by atoms with van der Waals surface area (Å²) in [5.41, 5.74) is 1.15. The Morgan fingerprint density at radius 1 is 1.55 bits per heavy atom. The molecule has 106 valence electrons. The van der Waals surface area contributed by atoms with E-state index in [4.69, 9.17) is 0 Å². The normalized spacial score (nSPS) is 12.3. The van der Waals surface area contributed by atoms with E-state index in [0.29, 0.717) is 5.56 Å². The SMILES string of the molecule is CNC(C)c1cnn(Cc2cc(F)ccc2[N+](=O)[O-])c1. The first-order valence-corrected chi connectivity index (χ1v) is 6.13. The molecule has 1 aromatic carbocycles. The van der Waals surface area contributed by atoms with Crippen molar-refractivity contribution in [3.63, 3.8) is 0 Å². The highest BCUT2D eigenvalue weighted by atomic mass is 19.1. The van der Waals surface area contributed by atoms with Crippen molar-refractivity contribution >= 4 is 5.69 Å². The minimum Gasteiger partial charge on any atom is -0.313 e. The fourth-order valence-electron chi connectivity index (χ4n) is 1.89. The molecule has 7 heteroatoms. The number of nitrogens with zero attached hydrogens (tertiary/aromatic N) is 3. The lowest BCUT2D eigenvalue weighted by Crippen LogP contribution is -2.11. The summed E-state index contributed by atoms with van der Waals surface area (Å²) in [5, 5.41) is 18.1. The van der Waals surface area contributed by atoms with E-state index in [-0.39, 0.29) is 18.3 Å². The zero-order chi connectivity index (χ0) is 14.7. The van der Waals surface area contributed by atoms with E-state index >= 15 is 0 Å². The summed E-state index contributed by atoms with van der Waals surface area (Å²) in [5.74, 6) is -0.499. The zero-order valence-electron chi connectivity index (χ0n) is 11.2. The van der Waals surface area contributed by atoms with Crippen LogP contribution in [0.25, 0.3) is 0 Å². The summed E-state index contributed by atoms with van der Waals surface area (Å²) in [6.45, 7) is 2.14. The molecule has 0 aliphatic heterocycles. The van der Waals surface area contributed by atoms with Gasteiger partial charge in [0.05, 0.1) is 23.2 Å². The lowest BCUT2D eigenvalue weighted by molar-refractivity contribution is -0.385. The van der Waals surface area contributed by atoms with Crippen molar-refractivity contribution in [3.8, 4) is 0 Å². The summed E-state index contributed by atoms with van der Waals surface area (Å²) in [7, 11) is 1.83. The number of nitrogens with one attached hydrogen (secondary N) is 1. The summed E-state index contributed by atoms with van der Waals surface area (Å²) in [6.07, 6.45) is 3.47. The fourth-order valence-corrected chi connectivity index (χ4v) is 1.89. The van der Waals surface area contributed by atoms with E-state index in [9.17, 15) is 14.5 Å². The lowest BCUT2D eigenvalue weighted by atomic mass is 10.1. The molecule has 1 N–H and O–H groups in total. The second-order valence-electron chi connectivity index (χ2n) is 4.51. The molecule has 0 aliphatic carbocycles. The van der Waals surface area contributed by atoms with E-state index in [1.165, 1.54) is 12.1 Å². The van der Waals surface area contributed by atoms with Gasteiger partial charge in [-0.1, -0.05) is 0 Å². The van der Waals surface area contributed by atoms with E-state index in [1.54, 1.807) is 17.1 Å². The third-order valence-corrected chi connectivity index (χ3v) is 3.16. The second kappa shape index (κ2) is 5.79. The molecule has 1 unspecified atom stereocenters. The number of rotatable bonds is 5. The molecule has 0 amide bonds. The number of nitro groups is 1. The Labute approximate surface area is 115 Å². The van der Waals surface area contributed by atoms with Crippen molar-refractivity contribution in [2.24, 2.45) is 0 Å². The minimum atomic E-state index is -0.518. The Kier molecular flexibility index (Phi) is 4.09. The van der Waals surface area contributed by atoms with Gasteiger partial charge in [-0.3, -0.25) is 14.8 Å². The van der Waals surface area contributed by atoms with Crippen LogP contribution in [0, 0.1) is 15.9 Å². The molecule has 0 fully saturated rings. The van der Waals surface area contributed by atoms with Gasteiger partial charge in [0.15, 0.2) is 0 Å². The van der Waals surface area contributed by atoms with Crippen molar-refractivity contribution in [3.05, 3.63) is 57.7 Å². The lowest BCUT2D eigenvalue weighted by Gasteiger charge is -2.06. The van der Waals surface area contributed by atoms with E-state index in [1.807, 2.05) is 14.0 Å². The maximum Gasteiger partial charge on any atom is 0.274 e. The highest BCUT2D eigenvalue weighted by molar-refractivity contribution is 5.40. The molecule has 0 saturated heterocycles. The van der Waals surface area contributed by atoms with E-state index < -0.39 is 10.7 Å². The van der Waals surface area contributed by atoms with Gasteiger partial charge in [-0.05, 0) is 26.1 Å². The molecule has 6 nitrogen and oxygen atoms in total. The van der Waals surface area contributed by atoms with E-state index in [2.05, 4.69) is 10.4 Å². The van der Waals surface area contributed by atoms with Crippen LogP contribution in [0.3, 0.4) is 0 Å². The van der Waals surface area contributed by atoms with Gasteiger partial charge in [0.25, 0.3) is 5.69 Å². The number of hydrogen-bond acceptors (Lipinski definition) is 4. The molecule has 0 aliphatic rings. The molecular weight excluding hydrogens is 263 g/mol. The van der Waals surface area contributed by atoms with Crippen molar-refractivity contribution in [1.29, 1.82) is 0 Å². The van der Waals surface area contributed by atoms with Gasteiger partial charge in [-0.2, -0.15) is 5.10 Å². The number of hydrogen-bond donors (Lipinski definition) is 1. The zero-order valence-corrected chi connectivity index (χ0v) is 11.2. The number of nitro benzene ring substituents is 1. The molecule has 2 aromatic rings.